The molecule has 1 aromatic heterocycles. The predicted octanol–water partition coefficient (Wildman–Crippen LogP) is 7.44. The summed E-state index contributed by atoms with van der Waals surface area (Å²) in [5.74, 6) is -0.257. The molecule has 4 aromatic rings. The minimum atomic E-state index is -1.08. The van der Waals surface area contributed by atoms with Gasteiger partial charge in [0.15, 0.2) is 0 Å². The molecule has 42 heavy (non-hydrogen) atoms. The molecule has 1 unspecified atom stereocenters. The summed E-state index contributed by atoms with van der Waals surface area (Å²) < 4.78 is 7.84. The number of rotatable bonds is 15. The van der Waals surface area contributed by atoms with Crippen LogP contribution in [0.3, 0.4) is 0 Å². The van der Waals surface area contributed by atoms with Crippen LogP contribution in [0, 0.1) is 0 Å². The third kappa shape index (κ3) is 8.56. The molecular formula is C35H41N3O4. The number of ether oxygens (including phenoxy) is 1. The maximum Gasteiger partial charge on any atom is 0.326 e. The zero-order chi connectivity index (χ0) is 29.9. The second-order valence-electron chi connectivity index (χ2n) is 11.0. The average Bonchev–Trinajstić information content (AvgIpc) is 3.49. The van der Waals surface area contributed by atoms with Crippen molar-refractivity contribution in [2.75, 3.05) is 6.61 Å². The molecule has 0 aliphatic heterocycles. The average molecular weight is 568 g/mol. The number of benzene rings is 3. The Morgan fingerprint density at radius 2 is 1.60 bits per heavy atom. The molecule has 2 N–H and O–H groups in total. The second-order valence-corrected chi connectivity index (χ2v) is 11.0. The Bertz CT molecular complexity index is 1420. The van der Waals surface area contributed by atoms with E-state index in [0.717, 1.165) is 46.8 Å². The number of carboxylic acids is 1. The summed E-state index contributed by atoms with van der Waals surface area (Å²) in [4.78, 5) is 29.2. The molecule has 1 amide bonds. The van der Waals surface area contributed by atoms with Gasteiger partial charge >= 0.3 is 5.97 Å². The third-order valence-corrected chi connectivity index (χ3v) is 7.37. The molecular weight excluding hydrogens is 526 g/mol. The lowest BCUT2D eigenvalue weighted by atomic mass is 10.0. The number of aliphatic carboxylic acids is 1. The Hall–Kier alpha value is -4.39. The van der Waals surface area contributed by atoms with E-state index in [4.69, 9.17) is 4.74 Å². The van der Waals surface area contributed by atoms with Crippen LogP contribution in [-0.2, 0) is 11.2 Å². The van der Waals surface area contributed by atoms with E-state index in [1.54, 1.807) is 18.5 Å². The van der Waals surface area contributed by atoms with Gasteiger partial charge in [-0.3, -0.25) is 4.79 Å². The lowest BCUT2D eigenvalue weighted by Gasteiger charge is -2.15. The summed E-state index contributed by atoms with van der Waals surface area (Å²) in [7, 11) is 0. The summed E-state index contributed by atoms with van der Waals surface area (Å²) in [5, 5.41) is 12.4. The van der Waals surface area contributed by atoms with Crippen LogP contribution < -0.4 is 10.1 Å². The van der Waals surface area contributed by atoms with Gasteiger partial charge in [-0.1, -0.05) is 82.9 Å². The topological polar surface area (TPSA) is 93.5 Å². The van der Waals surface area contributed by atoms with Crippen LogP contribution in [0.4, 0.5) is 0 Å². The molecule has 7 heteroatoms. The van der Waals surface area contributed by atoms with Crippen LogP contribution in [-0.4, -0.2) is 39.2 Å². The molecule has 0 aliphatic carbocycles. The van der Waals surface area contributed by atoms with Crippen molar-refractivity contribution < 1.29 is 19.4 Å². The molecule has 0 saturated heterocycles. The van der Waals surface area contributed by atoms with Crippen LogP contribution >= 0.6 is 0 Å². The monoisotopic (exact) mass is 567 g/mol. The number of nitrogens with zero attached hydrogens (tertiary/aromatic N) is 2. The Morgan fingerprint density at radius 1 is 0.905 bits per heavy atom. The van der Waals surface area contributed by atoms with E-state index in [-0.39, 0.29) is 6.42 Å². The van der Waals surface area contributed by atoms with Crippen molar-refractivity contribution in [1.29, 1.82) is 0 Å². The lowest BCUT2D eigenvalue weighted by Crippen LogP contribution is -2.42. The minimum absolute atomic E-state index is 0.174. The second kappa shape index (κ2) is 15.0. The number of carbonyl (C=O) groups excluding carboxylic acids is 1. The molecule has 0 bridgehead atoms. The number of hydrogen-bond donors (Lipinski definition) is 2. The SMILES string of the molecule is CCCCCCCOc1ccc(-n2cnc(-c3ccc(CC(NC(=O)c4ccc(C(C)C)cc4)C(=O)O)cc3)c2)cc1. The third-order valence-electron chi connectivity index (χ3n) is 7.37. The number of aromatic nitrogens is 2. The molecule has 0 aliphatic rings. The fourth-order valence-corrected chi connectivity index (χ4v) is 4.73. The highest BCUT2D eigenvalue weighted by Gasteiger charge is 2.21. The van der Waals surface area contributed by atoms with E-state index in [1.165, 1.54) is 25.7 Å². The Labute approximate surface area is 248 Å². The lowest BCUT2D eigenvalue weighted by molar-refractivity contribution is -0.139. The first-order valence-electron chi connectivity index (χ1n) is 14.8. The number of hydrogen-bond acceptors (Lipinski definition) is 4. The molecule has 1 atom stereocenters. The van der Waals surface area contributed by atoms with Gasteiger partial charge in [0.2, 0.25) is 0 Å². The quantitative estimate of drug-likeness (QED) is 0.146. The Kier molecular flexibility index (Phi) is 10.9. The summed E-state index contributed by atoms with van der Waals surface area (Å²) in [5.41, 5.74) is 5.08. The smallest absolute Gasteiger partial charge is 0.326 e. The first kappa shape index (κ1) is 30.6. The van der Waals surface area contributed by atoms with E-state index in [9.17, 15) is 14.7 Å². The molecule has 0 spiro atoms. The predicted molar refractivity (Wildman–Crippen MR) is 166 cm³/mol. The van der Waals surface area contributed by atoms with Gasteiger partial charge in [0.1, 0.15) is 11.8 Å². The molecule has 0 saturated carbocycles. The largest absolute Gasteiger partial charge is 0.494 e. The van der Waals surface area contributed by atoms with Gasteiger partial charge in [0.05, 0.1) is 18.6 Å². The van der Waals surface area contributed by atoms with E-state index < -0.39 is 17.9 Å². The van der Waals surface area contributed by atoms with Gasteiger partial charge in [-0.25, -0.2) is 9.78 Å². The molecule has 4 rings (SSSR count). The van der Waals surface area contributed by atoms with Gasteiger partial charge < -0.3 is 19.7 Å². The molecule has 0 fully saturated rings. The highest BCUT2D eigenvalue weighted by atomic mass is 16.5. The normalized spacial score (nSPS) is 11.8. The number of unbranched alkanes of at least 4 members (excludes halogenated alkanes) is 4. The van der Waals surface area contributed by atoms with Crippen LogP contribution in [0.1, 0.15) is 80.3 Å². The summed E-state index contributed by atoms with van der Waals surface area (Å²) in [6.45, 7) is 7.12. The number of carbonyl (C=O) groups is 2. The number of nitrogens with one attached hydrogen (secondary N) is 1. The van der Waals surface area contributed by atoms with E-state index in [2.05, 4.69) is 31.1 Å². The number of imidazole rings is 1. The summed E-state index contributed by atoms with van der Waals surface area (Å²) in [6.07, 6.45) is 9.98. The van der Waals surface area contributed by atoms with Gasteiger partial charge in [-0.2, -0.15) is 0 Å². The van der Waals surface area contributed by atoms with Crippen molar-refractivity contribution >= 4 is 11.9 Å². The standard InChI is InChI=1S/C35H41N3O4/c1-4-5-6-7-8-21-42-31-19-17-30(18-20-31)38-23-33(36-24-38)28-11-9-26(10-12-28)22-32(35(40)41)37-34(39)29-15-13-27(14-16-29)25(2)3/h9-20,23-25,32H,4-8,21-22H2,1-3H3,(H,37,39)(H,40,41). The fourth-order valence-electron chi connectivity index (χ4n) is 4.73. The van der Waals surface area contributed by atoms with Crippen molar-refractivity contribution in [3.05, 3.63) is 102 Å². The van der Waals surface area contributed by atoms with Gasteiger partial charge in [-0.15, -0.1) is 0 Å². The zero-order valence-corrected chi connectivity index (χ0v) is 24.8. The maximum absolute atomic E-state index is 12.7. The van der Waals surface area contributed by atoms with Crippen LogP contribution in [0.15, 0.2) is 85.3 Å². The van der Waals surface area contributed by atoms with Gasteiger partial charge in [0, 0.05) is 29.4 Å². The van der Waals surface area contributed by atoms with E-state index >= 15 is 0 Å². The Balaban J connectivity index is 1.33. The zero-order valence-electron chi connectivity index (χ0n) is 24.8. The highest BCUT2D eigenvalue weighted by Crippen LogP contribution is 2.22. The number of carboxylic acid groups (broad SMARTS) is 1. The molecule has 7 nitrogen and oxygen atoms in total. The minimum Gasteiger partial charge on any atom is -0.494 e. The highest BCUT2D eigenvalue weighted by molar-refractivity contribution is 5.96. The van der Waals surface area contributed by atoms with Crippen molar-refractivity contribution in [3.63, 3.8) is 0 Å². The Morgan fingerprint density at radius 3 is 2.24 bits per heavy atom. The van der Waals surface area contributed by atoms with Crippen molar-refractivity contribution in [2.45, 2.75) is 71.3 Å². The summed E-state index contributed by atoms with van der Waals surface area (Å²) >= 11 is 0. The first-order valence-corrected chi connectivity index (χ1v) is 14.8. The molecule has 0 radical (unpaired) electrons. The molecule has 3 aromatic carbocycles. The van der Waals surface area contributed by atoms with E-state index in [0.29, 0.717) is 11.5 Å². The first-order chi connectivity index (χ1) is 20.3. The van der Waals surface area contributed by atoms with Crippen LogP contribution in [0.5, 0.6) is 5.75 Å². The van der Waals surface area contributed by atoms with Gasteiger partial charge in [0.25, 0.3) is 5.91 Å². The van der Waals surface area contributed by atoms with Crippen LogP contribution in [0.25, 0.3) is 16.9 Å². The maximum atomic E-state index is 12.7. The van der Waals surface area contributed by atoms with Crippen molar-refractivity contribution in [3.8, 4) is 22.7 Å². The van der Waals surface area contributed by atoms with Crippen LogP contribution in [0.2, 0.25) is 0 Å². The van der Waals surface area contributed by atoms with Crippen molar-refractivity contribution in [2.24, 2.45) is 0 Å². The summed E-state index contributed by atoms with van der Waals surface area (Å²) in [6, 6.07) is 21.8. The van der Waals surface area contributed by atoms with Crippen molar-refractivity contribution in [1.82, 2.24) is 14.9 Å². The van der Waals surface area contributed by atoms with Gasteiger partial charge in [-0.05, 0) is 59.9 Å². The molecule has 1 heterocycles. The fraction of sp³-hybridized carbons (Fsp3) is 0.343. The number of amides is 1. The molecule has 220 valence electrons. The van der Waals surface area contributed by atoms with E-state index in [1.807, 2.05) is 71.4 Å².